The molecule has 0 saturated heterocycles. The normalized spacial score (nSPS) is 12.1. The predicted molar refractivity (Wildman–Crippen MR) is 70.2 cm³/mol. The van der Waals surface area contributed by atoms with E-state index in [1.54, 1.807) is 4.72 Å². The summed E-state index contributed by atoms with van der Waals surface area (Å²) < 4.78 is 105. The van der Waals surface area contributed by atoms with Crippen LogP contribution in [0.5, 0.6) is 5.75 Å². The molecule has 24 heavy (non-hydrogen) atoms. The van der Waals surface area contributed by atoms with E-state index >= 15 is 0 Å². The van der Waals surface area contributed by atoms with Gasteiger partial charge >= 0.3 is 6.36 Å². The molecule has 0 saturated carbocycles. The summed E-state index contributed by atoms with van der Waals surface area (Å²) in [6.45, 7) is 0. The van der Waals surface area contributed by atoms with Crippen molar-refractivity contribution >= 4 is 15.7 Å². The number of halogens is 6. The fraction of sp³-hybridized carbons (Fsp3) is 0.0769. The Balaban J connectivity index is 2.34. The van der Waals surface area contributed by atoms with Crippen molar-refractivity contribution in [3.8, 4) is 5.75 Å². The Bertz CT molecular complexity index is 866. The fourth-order valence-corrected chi connectivity index (χ4v) is 2.80. The van der Waals surface area contributed by atoms with Crippen LogP contribution < -0.4 is 9.46 Å². The molecule has 2 aromatic rings. The Morgan fingerprint density at radius 2 is 1.62 bits per heavy atom. The Hall–Kier alpha value is -2.43. The molecule has 11 heteroatoms. The molecule has 0 atom stereocenters. The van der Waals surface area contributed by atoms with Crippen LogP contribution in [0.1, 0.15) is 0 Å². The third-order valence-electron chi connectivity index (χ3n) is 2.61. The van der Waals surface area contributed by atoms with Gasteiger partial charge < -0.3 is 4.74 Å². The van der Waals surface area contributed by atoms with Crippen molar-refractivity contribution < 1.29 is 39.5 Å². The molecule has 0 unspecified atom stereocenters. The van der Waals surface area contributed by atoms with Gasteiger partial charge in [-0.2, -0.15) is 0 Å². The summed E-state index contributed by atoms with van der Waals surface area (Å²) in [6, 6.07) is 4.56. The number of nitrogens with one attached hydrogen (secondary N) is 1. The first kappa shape index (κ1) is 17.9. The molecule has 0 amide bonds. The Labute approximate surface area is 131 Å². The van der Waals surface area contributed by atoms with Crippen molar-refractivity contribution in [2.24, 2.45) is 0 Å². The smallest absolute Gasteiger partial charge is 0.406 e. The Morgan fingerprint density at radius 1 is 0.958 bits per heavy atom. The maximum Gasteiger partial charge on any atom is 0.573 e. The summed E-state index contributed by atoms with van der Waals surface area (Å²) >= 11 is 0. The van der Waals surface area contributed by atoms with Gasteiger partial charge in [0, 0.05) is 6.07 Å². The molecule has 2 rings (SSSR count). The zero-order chi connectivity index (χ0) is 18.1. The topological polar surface area (TPSA) is 55.4 Å². The molecule has 0 spiro atoms. The molecule has 0 aliphatic rings. The lowest BCUT2D eigenvalue weighted by Gasteiger charge is -2.12. The van der Waals surface area contributed by atoms with Gasteiger partial charge in [0.15, 0.2) is 17.5 Å². The fourth-order valence-electron chi connectivity index (χ4n) is 1.68. The lowest BCUT2D eigenvalue weighted by atomic mass is 10.3. The van der Waals surface area contributed by atoms with E-state index in [-0.39, 0.29) is 0 Å². The quantitative estimate of drug-likeness (QED) is 0.657. The van der Waals surface area contributed by atoms with Gasteiger partial charge in [0.1, 0.15) is 10.6 Å². The first-order chi connectivity index (χ1) is 11.0. The van der Waals surface area contributed by atoms with E-state index in [0.717, 1.165) is 18.2 Å². The van der Waals surface area contributed by atoms with Crippen molar-refractivity contribution in [2.75, 3.05) is 4.72 Å². The highest BCUT2D eigenvalue weighted by Crippen LogP contribution is 2.27. The number of sulfonamides is 1. The third kappa shape index (κ3) is 4.10. The molecule has 130 valence electrons. The standard InChI is InChI=1S/C13H7F6NO3S/c14-9-4-5-10(12(16)11(9)15)24(21,22)20-7-2-1-3-8(6-7)23-13(17,18)19/h1-6,20H. The molecule has 0 radical (unpaired) electrons. The molecule has 0 heterocycles. The minimum atomic E-state index is -5.00. The van der Waals surface area contributed by atoms with E-state index in [2.05, 4.69) is 4.74 Å². The zero-order valence-electron chi connectivity index (χ0n) is 11.4. The van der Waals surface area contributed by atoms with Gasteiger partial charge in [-0.3, -0.25) is 4.72 Å². The van der Waals surface area contributed by atoms with Crippen LogP contribution in [0.4, 0.5) is 32.0 Å². The predicted octanol–water partition coefficient (Wildman–Crippen LogP) is 3.80. The number of ether oxygens (including phenoxy) is 1. The zero-order valence-corrected chi connectivity index (χ0v) is 12.2. The average Bonchev–Trinajstić information content (AvgIpc) is 2.42. The second kappa shape index (κ2) is 6.23. The number of hydrogen-bond acceptors (Lipinski definition) is 3. The lowest BCUT2D eigenvalue weighted by molar-refractivity contribution is -0.274. The summed E-state index contributed by atoms with van der Waals surface area (Å²) in [7, 11) is -4.71. The van der Waals surface area contributed by atoms with E-state index in [1.165, 1.54) is 0 Å². The van der Waals surface area contributed by atoms with Crippen LogP contribution in [0, 0.1) is 17.5 Å². The van der Waals surface area contributed by atoms with Gasteiger partial charge in [0.05, 0.1) is 5.69 Å². The molecule has 0 aromatic heterocycles. The highest BCUT2D eigenvalue weighted by Gasteiger charge is 2.31. The largest absolute Gasteiger partial charge is 0.573 e. The van der Waals surface area contributed by atoms with Crippen LogP contribution >= 0.6 is 0 Å². The van der Waals surface area contributed by atoms with Crippen LogP contribution in [0.15, 0.2) is 41.3 Å². The van der Waals surface area contributed by atoms with E-state index in [0.29, 0.717) is 18.2 Å². The van der Waals surface area contributed by atoms with Gasteiger partial charge in [-0.1, -0.05) is 6.07 Å². The van der Waals surface area contributed by atoms with E-state index in [1.807, 2.05) is 0 Å². The van der Waals surface area contributed by atoms with Crippen molar-refractivity contribution in [1.29, 1.82) is 0 Å². The van der Waals surface area contributed by atoms with Crippen LogP contribution in [-0.4, -0.2) is 14.8 Å². The van der Waals surface area contributed by atoms with Crippen LogP contribution in [0.3, 0.4) is 0 Å². The Kier molecular flexibility index (Phi) is 4.65. The summed E-state index contributed by atoms with van der Waals surface area (Å²) in [4.78, 5) is -1.21. The van der Waals surface area contributed by atoms with Crippen molar-refractivity contribution in [2.45, 2.75) is 11.3 Å². The minimum absolute atomic E-state index is 0.399. The maximum absolute atomic E-state index is 13.6. The molecule has 0 bridgehead atoms. The van der Waals surface area contributed by atoms with Crippen LogP contribution in [0.25, 0.3) is 0 Å². The number of benzene rings is 2. The second-order valence-electron chi connectivity index (χ2n) is 4.35. The number of rotatable bonds is 4. The first-order valence-corrected chi connectivity index (χ1v) is 7.50. The third-order valence-corrected chi connectivity index (χ3v) is 4.01. The number of hydrogen-bond donors (Lipinski definition) is 1. The molecule has 0 aliphatic carbocycles. The first-order valence-electron chi connectivity index (χ1n) is 6.02. The van der Waals surface area contributed by atoms with Gasteiger partial charge in [-0.15, -0.1) is 13.2 Å². The number of alkyl halides is 3. The van der Waals surface area contributed by atoms with Crippen LogP contribution in [0.2, 0.25) is 0 Å². The van der Waals surface area contributed by atoms with Gasteiger partial charge in [-0.25, -0.2) is 21.6 Å². The molecule has 1 N–H and O–H groups in total. The van der Waals surface area contributed by atoms with E-state index in [4.69, 9.17) is 0 Å². The summed E-state index contributed by atoms with van der Waals surface area (Å²) in [5.74, 6) is -6.27. The highest BCUT2D eigenvalue weighted by atomic mass is 32.2. The SMILES string of the molecule is O=S(=O)(Nc1cccc(OC(F)(F)F)c1)c1ccc(F)c(F)c1F. The van der Waals surface area contributed by atoms with Gasteiger partial charge in [0.25, 0.3) is 10.0 Å². The van der Waals surface area contributed by atoms with Crippen molar-refractivity contribution in [1.82, 2.24) is 0 Å². The molecule has 4 nitrogen and oxygen atoms in total. The van der Waals surface area contributed by atoms with E-state index in [9.17, 15) is 34.8 Å². The lowest BCUT2D eigenvalue weighted by Crippen LogP contribution is -2.18. The molecular weight excluding hydrogens is 364 g/mol. The van der Waals surface area contributed by atoms with Crippen molar-refractivity contribution in [3.05, 3.63) is 53.8 Å². The maximum atomic E-state index is 13.6. The summed E-state index contributed by atoms with van der Waals surface area (Å²) in [5.41, 5.74) is -0.402. The summed E-state index contributed by atoms with van der Waals surface area (Å²) in [5, 5.41) is 0. The van der Waals surface area contributed by atoms with Gasteiger partial charge in [-0.05, 0) is 24.3 Å². The highest BCUT2D eigenvalue weighted by molar-refractivity contribution is 7.92. The molecule has 2 aromatic carbocycles. The Morgan fingerprint density at radius 3 is 2.25 bits per heavy atom. The van der Waals surface area contributed by atoms with Gasteiger partial charge in [0.2, 0.25) is 0 Å². The van der Waals surface area contributed by atoms with Crippen molar-refractivity contribution in [3.63, 3.8) is 0 Å². The molecular formula is C13H7F6NO3S. The summed E-state index contributed by atoms with van der Waals surface area (Å²) in [6.07, 6.45) is -5.00. The monoisotopic (exact) mass is 371 g/mol. The molecule has 0 fully saturated rings. The van der Waals surface area contributed by atoms with Crippen LogP contribution in [-0.2, 0) is 10.0 Å². The number of anilines is 1. The second-order valence-corrected chi connectivity index (χ2v) is 6.01. The minimum Gasteiger partial charge on any atom is -0.406 e. The average molecular weight is 371 g/mol. The molecule has 0 aliphatic heterocycles. The van der Waals surface area contributed by atoms with E-state index < -0.39 is 50.2 Å².